The fourth-order valence-electron chi connectivity index (χ4n) is 3.36. The number of carbonyl (C=O) groups is 1. The van der Waals surface area contributed by atoms with Gasteiger partial charge in [-0.3, -0.25) is 4.79 Å². The summed E-state index contributed by atoms with van der Waals surface area (Å²) < 4.78 is 14.8. The molecule has 134 valence electrons. The molecule has 0 atom stereocenters. The van der Waals surface area contributed by atoms with E-state index < -0.39 is 0 Å². The van der Waals surface area contributed by atoms with E-state index in [0.717, 1.165) is 31.2 Å². The lowest BCUT2D eigenvalue weighted by atomic mass is 9.79. The maximum absolute atomic E-state index is 13.2. The van der Waals surface area contributed by atoms with Crippen LogP contribution in [-0.4, -0.2) is 38.4 Å². The zero-order chi connectivity index (χ0) is 17.7. The summed E-state index contributed by atoms with van der Waals surface area (Å²) >= 11 is 1.46. The molecule has 1 aromatic carbocycles. The Hall–Kier alpha value is -1.96. The van der Waals surface area contributed by atoms with Crippen LogP contribution >= 0.6 is 11.8 Å². The topological polar surface area (TPSA) is 72.7 Å². The number of hydrogen-bond donors (Lipinski definition) is 1. The molecular weight excluding hydrogens is 341 g/mol. The van der Waals surface area contributed by atoms with Crippen molar-refractivity contribution in [3.63, 3.8) is 0 Å². The molecule has 1 aliphatic carbocycles. The van der Waals surface area contributed by atoms with Gasteiger partial charge in [0.2, 0.25) is 11.1 Å². The van der Waals surface area contributed by atoms with E-state index in [-0.39, 0.29) is 17.1 Å². The van der Waals surface area contributed by atoms with Crippen molar-refractivity contribution in [2.75, 3.05) is 12.3 Å². The molecule has 0 unspecified atom stereocenters. The number of nitrogens with zero attached hydrogens (tertiary/aromatic N) is 4. The zero-order valence-electron chi connectivity index (χ0n) is 14.2. The molecule has 0 radical (unpaired) electrons. The summed E-state index contributed by atoms with van der Waals surface area (Å²) in [5.41, 5.74) is 1.05. The van der Waals surface area contributed by atoms with Crippen molar-refractivity contribution in [2.24, 2.45) is 7.05 Å². The first-order valence-electron chi connectivity index (χ1n) is 8.47. The van der Waals surface area contributed by atoms with Gasteiger partial charge in [0, 0.05) is 31.2 Å². The van der Waals surface area contributed by atoms with Crippen molar-refractivity contribution in [3.05, 3.63) is 35.6 Å². The second-order valence-corrected chi connectivity index (χ2v) is 7.52. The van der Waals surface area contributed by atoms with E-state index in [2.05, 4.69) is 20.8 Å². The van der Waals surface area contributed by atoms with E-state index >= 15 is 0 Å². The minimum absolute atomic E-state index is 0.0241. The Kier molecular flexibility index (Phi) is 5.67. The normalized spacial score (nSPS) is 16.1. The Labute approximate surface area is 150 Å². The molecule has 1 fully saturated rings. The highest BCUT2D eigenvalue weighted by atomic mass is 32.2. The third kappa shape index (κ3) is 4.36. The van der Waals surface area contributed by atoms with Crippen molar-refractivity contribution in [3.8, 4) is 0 Å². The molecule has 2 aromatic rings. The van der Waals surface area contributed by atoms with Crippen LogP contribution in [0.1, 0.15) is 37.7 Å². The molecule has 6 nitrogen and oxygen atoms in total. The SMILES string of the molecule is Cn1nnnc1SCCC(=O)NCC1(c2ccc(F)cc2)CCCC1. The van der Waals surface area contributed by atoms with Crippen molar-refractivity contribution in [2.45, 2.75) is 42.7 Å². The summed E-state index contributed by atoms with van der Waals surface area (Å²) in [5, 5.41) is 15.0. The van der Waals surface area contributed by atoms with Crippen molar-refractivity contribution in [1.29, 1.82) is 0 Å². The Bertz CT molecular complexity index is 712. The molecule has 1 N–H and O–H groups in total. The highest BCUT2D eigenvalue weighted by Gasteiger charge is 2.35. The van der Waals surface area contributed by atoms with Gasteiger partial charge in [-0.2, -0.15) is 0 Å². The van der Waals surface area contributed by atoms with Gasteiger partial charge in [-0.25, -0.2) is 9.07 Å². The number of halogens is 1. The third-order valence-corrected chi connectivity index (χ3v) is 5.80. The summed E-state index contributed by atoms with van der Waals surface area (Å²) in [5.74, 6) is 0.427. The van der Waals surface area contributed by atoms with Crippen LogP contribution in [0.3, 0.4) is 0 Å². The second-order valence-electron chi connectivity index (χ2n) is 6.45. The van der Waals surface area contributed by atoms with Gasteiger partial charge in [0.15, 0.2) is 0 Å². The molecule has 1 heterocycles. The molecule has 1 amide bonds. The Morgan fingerprint density at radius 3 is 2.68 bits per heavy atom. The fraction of sp³-hybridized carbons (Fsp3) is 0.529. The average molecular weight is 363 g/mol. The minimum atomic E-state index is -0.226. The number of hydrogen-bond acceptors (Lipinski definition) is 5. The highest BCUT2D eigenvalue weighted by Crippen LogP contribution is 2.40. The van der Waals surface area contributed by atoms with Crippen LogP contribution in [0.2, 0.25) is 0 Å². The molecule has 0 aliphatic heterocycles. The lowest BCUT2D eigenvalue weighted by Gasteiger charge is -2.30. The predicted octanol–water partition coefficient (Wildman–Crippen LogP) is 2.46. The number of aromatic nitrogens is 4. The van der Waals surface area contributed by atoms with E-state index in [1.165, 1.54) is 23.9 Å². The maximum Gasteiger partial charge on any atom is 0.220 e. The van der Waals surface area contributed by atoms with Crippen LogP contribution in [0, 0.1) is 5.82 Å². The first-order chi connectivity index (χ1) is 12.1. The molecule has 1 saturated carbocycles. The van der Waals surface area contributed by atoms with Gasteiger partial charge in [-0.05, 0) is 41.0 Å². The smallest absolute Gasteiger partial charge is 0.220 e. The van der Waals surface area contributed by atoms with E-state index in [9.17, 15) is 9.18 Å². The summed E-state index contributed by atoms with van der Waals surface area (Å²) in [7, 11) is 1.77. The van der Waals surface area contributed by atoms with Crippen LogP contribution < -0.4 is 5.32 Å². The Balaban J connectivity index is 1.52. The van der Waals surface area contributed by atoms with E-state index in [0.29, 0.717) is 23.9 Å². The van der Waals surface area contributed by atoms with Gasteiger partial charge < -0.3 is 5.32 Å². The van der Waals surface area contributed by atoms with Gasteiger partial charge in [-0.1, -0.05) is 36.7 Å². The number of amides is 1. The largest absolute Gasteiger partial charge is 0.355 e. The summed E-state index contributed by atoms with van der Waals surface area (Å²) in [4.78, 5) is 12.2. The summed E-state index contributed by atoms with van der Waals surface area (Å²) in [6.07, 6.45) is 4.75. The molecule has 1 aromatic heterocycles. The Morgan fingerprint density at radius 2 is 2.04 bits per heavy atom. The van der Waals surface area contributed by atoms with E-state index in [1.54, 1.807) is 11.7 Å². The van der Waals surface area contributed by atoms with Crippen LogP contribution in [0.4, 0.5) is 4.39 Å². The lowest BCUT2D eigenvalue weighted by molar-refractivity contribution is -0.120. The summed E-state index contributed by atoms with van der Waals surface area (Å²) in [6, 6.07) is 6.71. The number of benzene rings is 1. The predicted molar refractivity (Wildman–Crippen MR) is 93.7 cm³/mol. The molecule has 8 heteroatoms. The number of carbonyl (C=O) groups excluding carboxylic acids is 1. The van der Waals surface area contributed by atoms with E-state index in [4.69, 9.17) is 0 Å². The van der Waals surface area contributed by atoms with Crippen LogP contribution in [0.5, 0.6) is 0 Å². The first-order valence-corrected chi connectivity index (χ1v) is 9.46. The van der Waals surface area contributed by atoms with E-state index in [1.807, 2.05) is 12.1 Å². The van der Waals surface area contributed by atoms with Crippen molar-refractivity contribution >= 4 is 17.7 Å². The number of tetrazole rings is 1. The monoisotopic (exact) mass is 363 g/mol. The molecule has 0 bridgehead atoms. The number of thioether (sulfide) groups is 1. The molecule has 3 rings (SSSR count). The van der Waals surface area contributed by atoms with Gasteiger partial charge in [0.25, 0.3) is 0 Å². The zero-order valence-corrected chi connectivity index (χ0v) is 15.1. The fourth-order valence-corrected chi connectivity index (χ4v) is 4.15. The first kappa shape index (κ1) is 17.8. The molecule has 1 aliphatic rings. The summed E-state index contributed by atoms with van der Waals surface area (Å²) in [6.45, 7) is 0.605. The van der Waals surface area contributed by atoms with Crippen molar-refractivity contribution in [1.82, 2.24) is 25.5 Å². The quantitative estimate of drug-likeness (QED) is 0.765. The molecule has 0 saturated heterocycles. The van der Waals surface area contributed by atoms with Crippen LogP contribution in [-0.2, 0) is 17.3 Å². The standard InChI is InChI=1S/C17H22FN5OS/c1-23-16(20-21-22-23)25-11-8-15(24)19-12-17(9-2-3-10-17)13-4-6-14(18)7-5-13/h4-7H,2-3,8-12H2,1H3,(H,19,24). The van der Waals surface area contributed by atoms with Crippen molar-refractivity contribution < 1.29 is 9.18 Å². The van der Waals surface area contributed by atoms with Gasteiger partial charge in [0.1, 0.15) is 5.82 Å². The molecular formula is C17H22FN5OS. The second kappa shape index (κ2) is 7.95. The lowest BCUT2D eigenvalue weighted by Crippen LogP contribution is -2.39. The van der Waals surface area contributed by atoms with Crippen LogP contribution in [0.15, 0.2) is 29.4 Å². The number of aryl methyl sites for hydroxylation is 1. The van der Waals surface area contributed by atoms with Gasteiger partial charge >= 0.3 is 0 Å². The maximum atomic E-state index is 13.2. The number of rotatable bonds is 7. The van der Waals surface area contributed by atoms with Gasteiger partial charge in [-0.15, -0.1) is 5.10 Å². The average Bonchev–Trinajstić information content (AvgIpc) is 3.24. The Morgan fingerprint density at radius 1 is 1.32 bits per heavy atom. The number of nitrogens with one attached hydrogen (secondary N) is 1. The van der Waals surface area contributed by atoms with Crippen LogP contribution in [0.25, 0.3) is 0 Å². The highest BCUT2D eigenvalue weighted by molar-refractivity contribution is 7.99. The third-order valence-electron chi connectivity index (χ3n) is 4.78. The molecule has 25 heavy (non-hydrogen) atoms. The van der Waals surface area contributed by atoms with Gasteiger partial charge in [0.05, 0.1) is 0 Å². The molecule has 0 spiro atoms. The minimum Gasteiger partial charge on any atom is -0.355 e.